The smallest absolute Gasteiger partial charge is 0.180 e. The Kier molecular flexibility index (Phi) is 3.03. The van der Waals surface area contributed by atoms with Gasteiger partial charge in [-0.2, -0.15) is 0 Å². The molecule has 0 unspecified atom stereocenters. The Morgan fingerprint density at radius 2 is 2.05 bits per heavy atom. The molecule has 3 rings (SSSR count). The molecular formula is C17H15NO2. The van der Waals surface area contributed by atoms with Crippen molar-refractivity contribution < 1.29 is 4.74 Å². The van der Waals surface area contributed by atoms with Gasteiger partial charge in [0.2, 0.25) is 0 Å². The highest BCUT2D eigenvalue weighted by Crippen LogP contribution is 2.28. The SMILES string of the molecule is C=CCOc1ccc2cc3ccc(=O)cc-3n(C)c2c1. The summed E-state index contributed by atoms with van der Waals surface area (Å²) in [5.74, 6) is 0.797. The number of hydrogen-bond donors (Lipinski definition) is 0. The molecule has 0 fully saturated rings. The number of aryl methyl sites for hydroxylation is 1. The first-order chi connectivity index (χ1) is 9.69. The van der Waals surface area contributed by atoms with Gasteiger partial charge in [0.1, 0.15) is 12.4 Å². The van der Waals surface area contributed by atoms with E-state index in [1.54, 1.807) is 18.2 Å². The van der Waals surface area contributed by atoms with Gasteiger partial charge in [0.25, 0.3) is 0 Å². The number of nitrogens with zero attached hydrogens (tertiary/aromatic N) is 1. The predicted octanol–water partition coefficient (Wildman–Crippen LogP) is 3.21. The van der Waals surface area contributed by atoms with Gasteiger partial charge in [0, 0.05) is 19.2 Å². The first kappa shape index (κ1) is 12.5. The number of fused-ring (bicyclic) bond motifs is 2. The van der Waals surface area contributed by atoms with Crippen molar-refractivity contribution in [1.29, 1.82) is 0 Å². The first-order valence-corrected chi connectivity index (χ1v) is 6.46. The zero-order valence-electron chi connectivity index (χ0n) is 11.3. The normalized spacial score (nSPS) is 10.8. The molecule has 0 atom stereocenters. The van der Waals surface area contributed by atoms with E-state index in [1.165, 1.54) is 0 Å². The molecule has 0 spiro atoms. The standard InChI is InChI=1S/C17H15NO2/c1-3-8-20-15-7-5-13-9-12-4-6-14(19)10-16(12)18(2)17(13)11-15/h3-7,9-11H,1,8H2,2H3. The molecule has 0 amide bonds. The average molecular weight is 265 g/mol. The summed E-state index contributed by atoms with van der Waals surface area (Å²) >= 11 is 0. The van der Waals surface area contributed by atoms with Crippen LogP contribution >= 0.6 is 0 Å². The van der Waals surface area contributed by atoms with Crippen molar-refractivity contribution in [3.8, 4) is 17.0 Å². The Balaban J connectivity index is 2.26. The molecular weight excluding hydrogens is 250 g/mol. The van der Waals surface area contributed by atoms with Crippen LogP contribution in [-0.2, 0) is 7.05 Å². The number of aromatic nitrogens is 1. The molecule has 0 aromatic heterocycles. The van der Waals surface area contributed by atoms with Crippen LogP contribution in [0.1, 0.15) is 0 Å². The second-order valence-corrected chi connectivity index (χ2v) is 4.74. The van der Waals surface area contributed by atoms with Crippen LogP contribution in [0.2, 0.25) is 0 Å². The molecule has 0 saturated heterocycles. The van der Waals surface area contributed by atoms with Crippen LogP contribution in [0.4, 0.5) is 0 Å². The zero-order valence-corrected chi connectivity index (χ0v) is 11.3. The Bertz CT molecular complexity index is 817. The van der Waals surface area contributed by atoms with E-state index in [2.05, 4.69) is 12.6 Å². The van der Waals surface area contributed by atoms with Crippen LogP contribution in [0.3, 0.4) is 0 Å². The molecule has 2 aliphatic rings. The van der Waals surface area contributed by atoms with Crippen LogP contribution in [0.5, 0.6) is 5.75 Å². The van der Waals surface area contributed by atoms with Gasteiger partial charge in [-0.1, -0.05) is 12.7 Å². The van der Waals surface area contributed by atoms with E-state index in [1.807, 2.05) is 35.9 Å². The van der Waals surface area contributed by atoms with Crippen LogP contribution in [0.15, 0.2) is 59.9 Å². The van der Waals surface area contributed by atoms with Crippen molar-refractivity contribution in [2.75, 3.05) is 6.61 Å². The molecule has 1 heterocycles. The largest absolute Gasteiger partial charge is 0.489 e. The lowest BCUT2D eigenvalue weighted by Gasteiger charge is -2.16. The second-order valence-electron chi connectivity index (χ2n) is 4.74. The molecule has 1 aromatic rings. The summed E-state index contributed by atoms with van der Waals surface area (Å²) in [5, 5.41) is 1.12. The molecule has 0 bridgehead atoms. The third-order valence-electron chi connectivity index (χ3n) is 3.41. The van der Waals surface area contributed by atoms with Crippen molar-refractivity contribution in [1.82, 2.24) is 4.57 Å². The van der Waals surface area contributed by atoms with Gasteiger partial charge >= 0.3 is 0 Å². The Morgan fingerprint density at radius 3 is 2.85 bits per heavy atom. The average Bonchev–Trinajstić information content (AvgIpc) is 2.46. The summed E-state index contributed by atoms with van der Waals surface area (Å²) in [7, 11) is 1.96. The van der Waals surface area contributed by atoms with Crippen molar-refractivity contribution in [3.05, 3.63) is 65.3 Å². The molecule has 3 heteroatoms. The highest BCUT2D eigenvalue weighted by atomic mass is 16.5. The fraction of sp³-hybridized carbons (Fsp3) is 0.118. The number of hydrogen-bond acceptors (Lipinski definition) is 2. The predicted molar refractivity (Wildman–Crippen MR) is 81.5 cm³/mol. The van der Waals surface area contributed by atoms with E-state index in [-0.39, 0.29) is 5.43 Å². The second kappa shape index (κ2) is 4.85. The van der Waals surface area contributed by atoms with E-state index in [0.717, 1.165) is 27.9 Å². The number of rotatable bonds is 3. The molecule has 1 aromatic carbocycles. The van der Waals surface area contributed by atoms with E-state index in [9.17, 15) is 4.79 Å². The van der Waals surface area contributed by atoms with E-state index in [0.29, 0.717) is 6.61 Å². The number of pyridine rings is 1. The highest BCUT2D eigenvalue weighted by molar-refractivity contribution is 5.87. The summed E-state index contributed by atoms with van der Waals surface area (Å²) in [6, 6.07) is 13.1. The van der Waals surface area contributed by atoms with Crippen molar-refractivity contribution in [2.24, 2.45) is 7.05 Å². The summed E-state index contributed by atoms with van der Waals surface area (Å²) in [4.78, 5) is 11.5. The first-order valence-electron chi connectivity index (χ1n) is 6.46. The van der Waals surface area contributed by atoms with Gasteiger partial charge in [-0.3, -0.25) is 4.79 Å². The quantitative estimate of drug-likeness (QED) is 0.538. The van der Waals surface area contributed by atoms with E-state index < -0.39 is 0 Å². The third kappa shape index (κ3) is 2.07. The summed E-state index contributed by atoms with van der Waals surface area (Å²) in [5.41, 5.74) is 3.03. The lowest BCUT2D eigenvalue weighted by Crippen LogP contribution is -2.06. The third-order valence-corrected chi connectivity index (χ3v) is 3.41. The number of benzene rings is 2. The maximum atomic E-state index is 11.5. The minimum absolute atomic E-state index is 0.0199. The maximum Gasteiger partial charge on any atom is 0.180 e. The van der Waals surface area contributed by atoms with Gasteiger partial charge in [-0.25, -0.2) is 0 Å². The summed E-state index contributed by atoms with van der Waals surface area (Å²) in [6.07, 6.45) is 1.72. The monoisotopic (exact) mass is 265 g/mol. The Hall–Kier alpha value is -2.55. The van der Waals surface area contributed by atoms with Crippen LogP contribution in [0, 0.1) is 0 Å². The minimum atomic E-state index is 0.0199. The van der Waals surface area contributed by atoms with Gasteiger partial charge in [0.15, 0.2) is 5.43 Å². The summed E-state index contributed by atoms with van der Waals surface area (Å²) in [6.45, 7) is 4.12. The molecule has 100 valence electrons. The zero-order chi connectivity index (χ0) is 14.1. The summed E-state index contributed by atoms with van der Waals surface area (Å²) < 4.78 is 7.58. The van der Waals surface area contributed by atoms with Gasteiger partial charge in [-0.05, 0) is 41.3 Å². The molecule has 1 aliphatic heterocycles. The molecule has 1 aliphatic carbocycles. The van der Waals surface area contributed by atoms with E-state index >= 15 is 0 Å². The number of ether oxygens (including phenoxy) is 1. The highest BCUT2D eigenvalue weighted by Gasteiger charge is 2.09. The molecule has 0 radical (unpaired) electrons. The Morgan fingerprint density at radius 1 is 1.20 bits per heavy atom. The topological polar surface area (TPSA) is 31.2 Å². The molecule has 20 heavy (non-hydrogen) atoms. The van der Waals surface area contributed by atoms with Gasteiger partial charge in [-0.15, -0.1) is 0 Å². The molecule has 3 nitrogen and oxygen atoms in total. The van der Waals surface area contributed by atoms with Crippen molar-refractivity contribution in [3.63, 3.8) is 0 Å². The maximum absolute atomic E-state index is 11.5. The fourth-order valence-electron chi connectivity index (χ4n) is 2.41. The van der Waals surface area contributed by atoms with E-state index in [4.69, 9.17) is 4.74 Å². The van der Waals surface area contributed by atoms with Crippen molar-refractivity contribution >= 4 is 10.9 Å². The fourth-order valence-corrected chi connectivity index (χ4v) is 2.41. The van der Waals surface area contributed by atoms with Gasteiger partial charge in [0.05, 0.1) is 11.2 Å². The van der Waals surface area contributed by atoms with Crippen molar-refractivity contribution in [2.45, 2.75) is 0 Å². The molecule has 0 saturated carbocycles. The van der Waals surface area contributed by atoms with Crippen LogP contribution in [-0.4, -0.2) is 11.2 Å². The van der Waals surface area contributed by atoms with Gasteiger partial charge < -0.3 is 9.30 Å². The minimum Gasteiger partial charge on any atom is -0.489 e. The van der Waals surface area contributed by atoms with Crippen LogP contribution < -0.4 is 10.2 Å². The van der Waals surface area contributed by atoms with Crippen LogP contribution in [0.25, 0.3) is 22.2 Å². The Labute approximate surface area is 117 Å². The molecule has 0 N–H and O–H groups in total. The lowest BCUT2D eigenvalue weighted by molar-refractivity contribution is 0.363. The lowest BCUT2D eigenvalue weighted by atomic mass is 10.1.